The van der Waals surface area contributed by atoms with Crippen LogP contribution in [0.4, 0.5) is 0 Å². The van der Waals surface area contributed by atoms with Gasteiger partial charge in [-0.2, -0.15) is 0 Å². The Bertz CT molecular complexity index is 4060. The quantitative estimate of drug-likeness (QED) is 0.144. The maximum Gasteiger partial charge on any atom is 0.164 e. The van der Waals surface area contributed by atoms with Crippen LogP contribution in [0.2, 0.25) is 0 Å². The first-order valence-corrected chi connectivity index (χ1v) is 24.2. The minimum Gasteiger partial charge on any atom is -0.228 e. The van der Waals surface area contributed by atoms with Crippen molar-refractivity contribution >= 4 is 32.3 Å². The van der Waals surface area contributed by atoms with Crippen molar-refractivity contribution in [3.05, 3.63) is 261 Å². The lowest BCUT2D eigenvalue weighted by Gasteiger charge is -2.13. The van der Waals surface area contributed by atoms with Gasteiger partial charge in [-0.05, 0) is 83.9 Å². The van der Waals surface area contributed by atoms with Crippen LogP contribution in [0, 0.1) is 0 Å². The number of benzene rings is 11. The topological polar surface area (TPSA) is 64.5 Å². The van der Waals surface area contributed by atoms with Gasteiger partial charge in [-0.25, -0.2) is 24.9 Å². The summed E-state index contributed by atoms with van der Waals surface area (Å²) in [6.07, 6.45) is 0. The van der Waals surface area contributed by atoms with Crippen molar-refractivity contribution in [1.82, 2.24) is 24.9 Å². The maximum atomic E-state index is 5.08. The Morgan fingerprint density at radius 1 is 0.181 bits per heavy atom. The lowest BCUT2D eigenvalue weighted by atomic mass is 9.91. The summed E-state index contributed by atoms with van der Waals surface area (Å²) in [5.41, 5.74) is 14.7. The molecule has 0 aliphatic heterocycles. The fraction of sp³-hybridized carbons (Fsp3) is 0. The second kappa shape index (κ2) is 18.3. The predicted molar refractivity (Wildman–Crippen MR) is 297 cm³/mol. The standard InChI is InChI=1S/C67H43N5/c1-4-16-47(17-5-1)62-43-63(48-18-6-2-7-19-48)69-64(68-62)50-33-29-44(30-34-50)52-37-39-57-54(41-52)23-13-26-59(57)60-27-14-24-55-42-53(38-40-58(55)60)45-31-35-51(36-32-45)66-70-65(49-20-8-3-9-21-49)71-67(72-66)61-28-12-22-46-15-10-11-25-56(46)61/h1-43H. The zero-order valence-electron chi connectivity index (χ0n) is 39.1. The normalized spacial score (nSPS) is 11.3. The molecule has 72 heavy (non-hydrogen) atoms. The van der Waals surface area contributed by atoms with Gasteiger partial charge in [0.2, 0.25) is 0 Å². The highest BCUT2D eigenvalue weighted by atomic mass is 15.0. The van der Waals surface area contributed by atoms with Crippen LogP contribution in [0.25, 0.3) is 134 Å². The van der Waals surface area contributed by atoms with Gasteiger partial charge in [-0.15, -0.1) is 0 Å². The van der Waals surface area contributed by atoms with E-state index in [4.69, 9.17) is 24.9 Å². The molecule has 0 spiro atoms. The Hall–Kier alpha value is -9.71. The SMILES string of the molecule is c1ccc(-c2cc(-c3ccccc3)nc(-c3ccc(-c4ccc5c(-c6cccc7cc(-c8ccc(-c9nc(-c%10ccccc%10)nc(-c%10cccc%11ccccc%10%11)n9)cc8)ccc67)cccc5c4)cc3)n2)cc1. The van der Waals surface area contributed by atoms with Crippen LogP contribution in [-0.4, -0.2) is 24.9 Å². The van der Waals surface area contributed by atoms with Crippen LogP contribution >= 0.6 is 0 Å². The molecular formula is C67H43N5. The van der Waals surface area contributed by atoms with Crippen LogP contribution in [0.3, 0.4) is 0 Å². The second-order valence-corrected chi connectivity index (χ2v) is 18.0. The smallest absolute Gasteiger partial charge is 0.164 e. The minimum absolute atomic E-state index is 0.635. The third kappa shape index (κ3) is 8.15. The van der Waals surface area contributed by atoms with Gasteiger partial charge in [-0.3, -0.25) is 0 Å². The van der Waals surface area contributed by atoms with Crippen LogP contribution in [0.5, 0.6) is 0 Å². The van der Waals surface area contributed by atoms with Crippen LogP contribution in [-0.2, 0) is 0 Å². The fourth-order valence-electron chi connectivity index (χ4n) is 9.87. The highest BCUT2D eigenvalue weighted by molar-refractivity contribution is 6.07. The molecule has 0 saturated carbocycles. The number of hydrogen-bond donors (Lipinski definition) is 0. The molecule has 0 atom stereocenters. The number of rotatable bonds is 9. The van der Waals surface area contributed by atoms with Crippen molar-refractivity contribution in [3.8, 4) is 101 Å². The van der Waals surface area contributed by atoms with E-state index in [0.29, 0.717) is 23.3 Å². The van der Waals surface area contributed by atoms with E-state index in [9.17, 15) is 0 Å². The predicted octanol–water partition coefficient (Wildman–Crippen LogP) is 17.1. The van der Waals surface area contributed by atoms with E-state index >= 15 is 0 Å². The molecule has 5 heteroatoms. The molecular weight excluding hydrogens is 875 g/mol. The summed E-state index contributed by atoms with van der Waals surface area (Å²) in [7, 11) is 0. The molecule has 0 aliphatic rings. The molecule has 11 aromatic carbocycles. The number of hydrogen-bond acceptors (Lipinski definition) is 5. The average molecular weight is 918 g/mol. The monoisotopic (exact) mass is 917 g/mol. The first-order valence-electron chi connectivity index (χ1n) is 24.2. The first-order chi connectivity index (χ1) is 35.6. The Kier molecular flexibility index (Phi) is 10.8. The Balaban J connectivity index is 0.790. The molecule has 0 saturated heterocycles. The summed E-state index contributed by atoms with van der Waals surface area (Å²) in [5, 5.41) is 7.04. The molecule has 0 amide bonds. The van der Waals surface area contributed by atoms with Crippen LogP contribution in [0.1, 0.15) is 0 Å². The van der Waals surface area contributed by atoms with Gasteiger partial charge < -0.3 is 0 Å². The third-order valence-electron chi connectivity index (χ3n) is 13.6. The summed E-state index contributed by atoms with van der Waals surface area (Å²) < 4.78 is 0. The number of aromatic nitrogens is 5. The molecule has 5 nitrogen and oxygen atoms in total. The second-order valence-electron chi connectivity index (χ2n) is 18.0. The molecule has 13 aromatic rings. The van der Waals surface area contributed by atoms with Crippen molar-refractivity contribution in [2.45, 2.75) is 0 Å². The van der Waals surface area contributed by atoms with Crippen LogP contribution in [0.15, 0.2) is 261 Å². The zero-order chi connectivity index (χ0) is 47.8. The van der Waals surface area contributed by atoms with E-state index < -0.39 is 0 Å². The molecule has 0 unspecified atom stereocenters. The largest absolute Gasteiger partial charge is 0.228 e. The Labute approximate surface area is 417 Å². The lowest BCUT2D eigenvalue weighted by Crippen LogP contribution is -2.00. The van der Waals surface area contributed by atoms with E-state index in [-0.39, 0.29) is 0 Å². The van der Waals surface area contributed by atoms with Gasteiger partial charge in [-0.1, -0.05) is 243 Å². The molecule has 0 fully saturated rings. The molecule has 336 valence electrons. The molecule has 0 N–H and O–H groups in total. The van der Waals surface area contributed by atoms with Gasteiger partial charge in [0.25, 0.3) is 0 Å². The van der Waals surface area contributed by atoms with Crippen molar-refractivity contribution < 1.29 is 0 Å². The number of fused-ring (bicyclic) bond motifs is 3. The zero-order valence-corrected chi connectivity index (χ0v) is 39.1. The highest BCUT2D eigenvalue weighted by Crippen LogP contribution is 2.38. The molecule has 0 aliphatic carbocycles. The maximum absolute atomic E-state index is 5.08. The third-order valence-corrected chi connectivity index (χ3v) is 13.6. The summed E-state index contributed by atoms with van der Waals surface area (Å²) in [6, 6.07) is 91.4. The minimum atomic E-state index is 0.635. The summed E-state index contributed by atoms with van der Waals surface area (Å²) >= 11 is 0. The van der Waals surface area contributed by atoms with E-state index in [0.717, 1.165) is 77.8 Å². The summed E-state index contributed by atoms with van der Waals surface area (Å²) in [5.74, 6) is 2.63. The first kappa shape index (κ1) is 42.4. The molecule has 2 aromatic heterocycles. The lowest BCUT2D eigenvalue weighted by molar-refractivity contribution is 1.08. The van der Waals surface area contributed by atoms with Crippen molar-refractivity contribution in [2.24, 2.45) is 0 Å². The summed E-state index contributed by atoms with van der Waals surface area (Å²) in [4.78, 5) is 25.2. The van der Waals surface area contributed by atoms with E-state index in [1.54, 1.807) is 0 Å². The Morgan fingerprint density at radius 2 is 0.528 bits per heavy atom. The van der Waals surface area contributed by atoms with Crippen molar-refractivity contribution in [2.75, 3.05) is 0 Å². The van der Waals surface area contributed by atoms with E-state index in [1.165, 1.54) is 32.7 Å². The summed E-state index contributed by atoms with van der Waals surface area (Å²) in [6.45, 7) is 0. The van der Waals surface area contributed by atoms with Gasteiger partial charge in [0.15, 0.2) is 23.3 Å². The Morgan fingerprint density at radius 3 is 1.04 bits per heavy atom. The van der Waals surface area contributed by atoms with Gasteiger partial charge >= 0.3 is 0 Å². The van der Waals surface area contributed by atoms with Crippen molar-refractivity contribution in [1.29, 1.82) is 0 Å². The van der Waals surface area contributed by atoms with Crippen molar-refractivity contribution in [3.63, 3.8) is 0 Å². The molecule has 13 rings (SSSR count). The van der Waals surface area contributed by atoms with Gasteiger partial charge in [0.05, 0.1) is 11.4 Å². The van der Waals surface area contributed by atoms with E-state index in [2.05, 4.69) is 194 Å². The van der Waals surface area contributed by atoms with Gasteiger partial charge in [0, 0.05) is 33.4 Å². The van der Waals surface area contributed by atoms with E-state index in [1.807, 2.05) is 66.7 Å². The highest BCUT2D eigenvalue weighted by Gasteiger charge is 2.16. The molecule has 0 bridgehead atoms. The average Bonchev–Trinajstić information content (AvgIpc) is 3.47. The fourth-order valence-corrected chi connectivity index (χ4v) is 9.87. The van der Waals surface area contributed by atoms with Crippen LogP contribution < -0.4 is 0 Å². The number of nitrogens with zero attached hydrogens (tertiary/aromatic N) is 5. The molecule has 2 heterocycles. The van der Waals surface area contributed by atoms with Gasteiger partial charge in [0.1, 0.15) is 0 Å². The molecule has 0 radical (unpaired) electrons.